The van der Waals surface area contributed by atoms with Crippen molar-refractivity contribution >= 4 is 23.3 Å². The Balaban J connectivity index is 2.60. The lowest BCUT2D eigenvalue weighted by molar-refractivity contribution is 0.0285. The van der Waals surface area contributed by atoms with E-state index in [1.807, 2.05) is 0 Å². The molecule has 1 unspecified atom stereocenters. The van der Waals surface area contributed by atoms with Crippen LogP contribution in [0.15, 0.2) is 12.3 Å². The number of halogens is 1. The highest BCUT2D eigenvalue weighted by molar-refractivity contribution is 6.33. The van der Waals surface area contributed by atoms with Gasteiger partial charge in [-0.15, -0.1) is 0 Å². The van der Waals surface area contributed by atoms with Gasteiger partial charge in [-0.3, -0.25) is 4.79 Å². The van der Waals surface area contributed by atoms with Gasteiger partial charge < -0.3 is 20.1 Å². The van der Waals surface area contributed by atoms with E-state index in [4.69, 9.17) is 21.1 Å². The summed E-state index contributed by atoms with van der Waals surface area (Å²) < 4.78 is 10.2. The van der Waals surface area contributed by atoms with Gasteiger partial charge in [0.1, 0.15) is 5.82 Å². The maximum absolute atomic E-state index is 12.0. The molecular weight excluding hydrogens is 294 g/mol. The fourth-order valence-electron chi connectivity index (χ4n) is 1.64. The maximum Gasteiger partial charge on any atom is 0.252 e. The molecule has 0 radical (unpaired) electrons. The van der Waals surface area contributed by atoms with Gasteiger partial charge >= 0.3 is 0 Å². The number of carbonyl (C=O) groups is 1. The molecule has 0 bridgehead atoms. The van der Waals surface area contributed by atoms with E-state index >= 15 is 0 Å². The standard InChI is InChI=1S/C14H22ClN3O3/c1-4-5-16-13-12(15)6-10(7-17-13)14(19)18-8-11(21-3)9-20-2/h6-7,11H,4-5,8-9H2,1-3H3,(H,16,17)(H,18,19). The SMILES string of the molecule is CCCNc1ncc(C(=O)NCC(COC)OC)cc1Cl. The second-order valence-corrected chi connectivity index (χ2v) is 4.91. The minimum absolute atomic E-state index is 0.187. The number of nitrogens with zero attached hydrogens (tertiary/aromatic N) is 1. The summed E-state index contributed by atoms with van der Waals surface area (Å²) in [4.78, 5) is 16.2. The van der Waals surface area contributed by atoms with Crippen LogP contribution in [0.25, 0.3) is 0 Å². The first-order chi connectivity index (χ1) is 10.1. The number of rotatable bonds is 9. The molecule has 7 heteroatoms. The zero-order valence-electron chi connectivity index (χ0n) is 12.6. The highest BCUT2D eigenvalue weighted by Gasteiger charge is 2.12. The molecule has 1 aromatic rings. The predicted octanol–water partition coefficient (Wildman–Crippen LogP) is 1.95. The van der Waals surface area contributed by atoms with Gasteiger partial charge in [-0.1, -0.05) is 18.5 Å². The molecule has 0 aromatic carbocycles. The quantitative estimate of drug-likeness (QED) is 0.728. The molecular formula is C14H22ClN3O3. The lowest BCUT2D eigenvalue weighted by atomic mass is 10.2. The zero-order chi connectivity index (χ0) is 15.7. The van der Waals surface area contributed by atoms with Crippen LogP contribution in [0.3, 0.4) is 0 Å². The number of hydrogen-bond acceptors (Lipinski definition) is 5. The molecule has 0 aliphatic rings. The van der Waals surface area contributed by atoms with Crippen LogP contribution in [0.1, 0.15) is 23.7 Å². The van der Waals surface area contributed by atoms with Gasteiger partial charge in [-0.2, -0.15) is 0 Å². The van der Waals surface area contributed by atoms with Crippen LogP contribution in [-0.4, -0.2) is 50.9 Å². The minimum atomic E-state index is -0.246. The second-order valence-electron chi connectivity index (χ2n) is 4.50. The summed E-state index contributed by atoms with van der Waals surface area (Å²) in [6, 6.07) is 1.60. The molecule has 1 rings (SSSR count). The fourth-order valence-corrected chi connectivity index (χ4v) is 1.87. The molecule has 1 heterocycles. The van der Waals surface area contributed by atoms with Crippen LogP contribution in [0.2, 0.25) is 5.02 Å². The smallest absolute Gasteiger partial charge is 0.252 e. The summed E-state index contributed by atoms with van der Waals surface area (Å²) in [5.74, 6) is 0.341. The molecule has 2 N–H and O–H groups in total. The molecule has 0 fully saturated rings. The van der Waals surface area contributed by atoms with Crippen molar-refractivity contribution in [2.75, 3.05) is 39.2 Å². The number of pyridine rings is 1. The van der Waals surface area contributed by atoms with Gasteiger partial charge in [0.05, 0.1) is 23.3 Å². The third kappa shape index (κ3) is 5.87. The van der Waals surface area contributed by atoms with E-state index in [0.717, 1.165) is 13.0 Å². The van der Waals surface area contributed by atoms with Crippen LogP contribution >= 0.6 is 11.6 Å². The maximum atomic E-state index is 12.0. The highest BCUT2D eigenvalue weighted by atomic mass is 35.5. The van der Waals surface area contributed by atoms with Crippen molar-refractivity contribution in [2.24, 2.45) is 0 Å². The van der Waals surface area contributed by atoms with E-state index < -0.39 is 0 Å². The Hall–Kier alpha value is -1.37. The lowest BCUT2D eigenvalue weighted by Crippen LogP contribution is -2.35. The first kappa shape index (κ1) is 17.7. The first-order valence-corrected chi connectivity index (χ1v) is 7.19. The van der Waals surface area contributed by atoms with Crippen molar-refractivity contribution in [3.63, 3.8) is 0 Å². The van der Waals surface area contributed by atoms with Crippen molar-refractivity contribution in [3.8, 4) is 0 Å². The largest absolute Gasteiger partial charge is 0.382 e. The Morgan fingerprint density at radius 3 is 2.81 bits per heavy atom. The molecule has 0 saturated carbocycles. The summed E-state index contributed by atoms with van der Waals surface area (Å²) in [6.07, 6.45) is 2.28. The number of anilines is 1. The summed E-state index contributed by atoms with van der Waals surface area (Å²) in [5.41, 5.74) is 0.411. The van der Waals surface area contributed by atoms with Gasteiger partial charge in [-0.25, -0.2) is 4.98 Å². The Morgan fingerprint density at radius 2 is 2.24 bits per heavy atom. The van der Waals surface area contributed by atoms with Gasteiger partial charge in [-0.05, 0) is 12.5 Å². The van der Waals surface area contributed by atoms with E-state index in [0.29, 0.717) is 29.6 Å². The molecule has 0 aliphatic carbocycles. The van der Waals surface area contributed by atoms with Gasteiger partial charge in [0, 0.05) is 33.5 Å². The summed E-state index contributed by atoms with van der Waals surface area (Å²) in [5, 5.41) is 6.28. The zero-order valence-corrected chi connectivity index (χ0v) is 13.4. The molecule has 6 nitrogen and oxygen atoms in total. The van der Waals surface area contributed by atoms with Crippen molar-refractivity contribution in [1.29, 1.82) is 0 Å². The van der Waals surface area contributed by atoms with E-state index in [-0.39, 0.29) is 12.0 Å². The molecule has 0 aliphatic heterocycles. The minimum Gasteiger partial charge on any atom is -0.382 e. The lowest BCUT2D eigenvalue weighted by Gasteiger charge is -2.15. The average molecular weight is 316 g/mol. The molecule has 1 amide bonds. The van der Waals surface area contributed by atoms with Crippen LogP contribution in [0.4, 0.5) is 5.82 Å². The van der Waals surface area contributed by atoms with Crippen molar-refractivity contribution in [2.45, 2.75) is 19.4 Å². The monoisotopic (exact) mass is 315 g/mol. The summed E-state index contributed by atoms with van der Waals surface area (Å²) in [7, 11) is 3.15. The number of hydrogen-bond donors (Lipinski definition) is 2. The first-order valence-electron chi connectivity index (χ1n) is 6.81. The van der Waals surface area contributed by atoms with Gasteiger partial charge in [0.25, 0.3) is 5.91 Å². The Bertz CT molecular complexity index is 457. The molecule has 1 aromatic heterocycles. The third-order valence-corrected chi connectivity index (χ3v) is 3.11. The van der Waals surface area contributed by atoms with Crippen LogP contribution < -0.4 is 10.6 Å². The van der Waals surface area contributed by atoms with Crippen molar-refractivity contribution in [1.82, 2.24) is 10.3 Å². The van der Waals surface area contributed by atoms with E-state index in [2.05, 4.69) is 22.5 Å². The Labute approximate surface area is 130 Å². The average Bonchev–Trinajstić information content (AvgIpc) is 2.49. The third-order valence-electron chi connectivity index (χ3n) is 2.82. The number of methoxy groups -OCH3 is 2. The van der Waals surface area contributed by atoms with Crippen molar-refractivity contribution in [3.05, 3.63) is 22.8 Å². The molecule has 118 valence electrons. The predicted molar refractivity (Wildman–Crippen MR) is 83.0 cm³/mol. The van der Waals surface area contributed by atoms with Gasteiger partial charge in [0.15, 0.2) is 0 Å². The Morgan fingerprint density at radius 1 is 1.48 bits per heavy atom. The van der Waals surface area contributed by atoms with Crippen LogP contribution in [-0.2, 0) is 9.47 Å². The van der Waals surface area contributed by atoms with Crippen LogP contribution in [0, 0.1) is 0 Å². The molecule has 0 spiro atoms. The number of nitrogens with one attached hydrogen (secondary N) is 2. The van der Waals surface area contributed by atoms with E-state index in [1.54, 1.807) is 20.3 Å². The summed E-state index contributed by atoms with van der Waals surface area (Å²) in [6.45, 7) is 3.60. The van der Waals surface area contributed by atoms with Crippen molar-refractivity contribution < 1.29 is 14.3 Å². The molecule has 21 heavy (non-hydrogen) atoms. The molecule has 0 saturated heterocycles. The topological polar surface area (TPSA) is 72.5 Å². The van der Waals surface area contributed by atoms with E-state index in [9.17, 15) is 4.79 Å². The van der Waals surface area contributed by atoms with Crippen LogP contribution in [0.5, 0.6) is 0 Å². The number of ether oxygens (including phenoxy) is 2. The number of amides is 1. The van der Waals surface area contributed by atoms with Gasteiger partial charge in [0.2, 0.25) is 0 Å². The fraction of sp³-hybridized carbons (Fsp3) is 0.571. The Kier molecular flexibility index (Phi) is 8.04. The molecule has 1 atom stereocenters. The number of carbonyl (C=O) groups excluding carboxylic acids is 1. The number of aromatic nitrogens is 1. The summed E-state index contributed by atoms with van der Waals surface area (Å²) >= 11 is 6.10. The normalized spacial score (nSPS) is 12.0. The van der Waals surface area contributed by atoms with E-state index in [1.165, 1.54) is 6.20 Å². The highest BCUT2D eigenvalue weighted by Crippen LogP contribution is 2.19. The second kappa shape index (κ2) is 9.55.